The summed E-state index contributed by atoms with van der Waals surface area (Å²) in [7, 11) is 0. The topological polar surface area (TPSA) is 69.6 Å². The second-order valence-electron chi connectivity index (χ2n) is 6.24. The Balaban J connectivity index is 1.78. The summed E-state index contributed by atoms with van der Waals surface area (Å²) in [6.07, 6.45) is 3.88. The second-order valence-corrected chi connectivity index (χ2v) is 6.24. The lowest BCUT2D eigenvalue weighted by atomic mass is 9.92. The Hall–Kier alpha value is -1.95. The minimum absolute atomic E-state index is 0.00864. The largest absolute Gasteiger partial charge is 0.391 e. The van der Waals surface area contributed by atoms with Gasteiger partial charge in [0.05, 0.1) is 17.7 Å². The van der Waals surface area contributed by atoms with E-state index in [9.17, 15) is 19.1 Å². The molecule has 2 unspecified atom stereocenters. The number of hydrogen-bond donors (Lipinski definition) is 2. The van der Waals surface area contributed by atoms with Gasteiger partial charge in [-0.2, -0.15) is 0 Å². The molecule has 1 aliphatic carbocycles. The Morgan fingerprint density at radius 3 is 2.74 bits per heavy atom. The molecule has 6 heteroatoms. The van der Waals surface area contributed by atoms with Gasteiger partial charge in [0.1, 0.15) is 5.82 Å². The molecule has 0 spiro atoms. The molecule has 2 aliphatic rings. The summed E-state index contributed by atoms with van der Waals surface area (Å²) >= 11 is 0. The first-order valence-electron chi connectivity index (χ1n) is 8.15. The fourth-order valence-corrected chi connectivity index (χ4v) is 3.30. The van der Waals surface area contributed by atoms with E-state index in [0.717, 1.165) is 19.3 Å². The van der Waals surface area contributed by atoms with E-state index in [1.54, 1.807) is 4.90 Å². The SMILES string of the molecule is O=C(NC1CCCCC1O)c1cc(N2CCCC2=O)ccc1F. The van der Waals surface area contributed by atoms with Crippen LogP contribution in [0, 0.1) is 5.82 Å². The molecule has 0 aromatic heterocycles. The highest BCUT2D eigenvalue weighted by molar-refractivity contribution is 5.99. The van der Waals surface area contributed by atoms with E-state index in [1.807, 2.05) is 0 Å². The van der Waals surface area contributed by atoms with Crippen LogP contribution in [0.15, 0.2) is 18.2 Å². The van der Waals surface area contributed by atoms with Crippen LogP contribution in [0.1, 0.15) is 48.9 Å². The molecule has 2 atom stereocenters. The van der Waals surface area contributed by atoms with Gasteiger partial charge in [0.25, 0.3) is 5.91 Å². The van der Waals surface area contributed by atoms with E-state index < -0.39 is 17.8 Å². The Labute approximate surface area is 134 Å². The molecule has 5 nitrogen and oxygen atoms in total. The van der Waals surface area contributed by atoms with Crippen LogP contribution in [-0.4, -0.2) is 35.6 Å². The van der Waals surface area contributed by atoms with Gasteiger partial charge in [0.15, 0.2) is 0 Å². The highest BCUT2D eigenvalue weighted by Gasteiger charge is 2.27. The van der Waals surface area contributed by atoms with Crippen molar-refractivity contribution in [2.75, 3.05) is 11.4 Å². The third kappa shape index (κ3) is 3.37. The van der Waals surface area contributed by atoms with Gasteiger partial charge in [0.2, 0.25) is 5.91 Å². The lowest BCUT2D eigenvalue weighted by molar-refractivity contribution is -0.117. The van der Waals surface area contributed by atoms with Crippen molar-refractivity contribution in [2.24, 2.45) is 0 Å². The zero-order valence-corrected chi connectivity index (χ0v) is 12.9. The molecule has 0 bridgehead atoms. The highest BCUT2D eigenvalue weighted by atomic mass is 19.1. The van der Waals surface area contributed by atoms with Gasteiger partial charge in [0, 0.05) is 18.7 Å². The summed E-state index contributed by atoms with van der Waals surface area (Å²) in [5.41, 5.74) is 0.461. The van der Waals surface area contributed by atoms with Gasteiger partial charge in [-0.15, -0.1) is 0 Å². The first kappa shape index (κ1) is 15.9. The van der Waals surface area contributed by atoms with Crippen molar-refractivity contribution in [3.63, 3.8) is 0 Å². The van der Waals surface area contributed by atoms with Crippen LogP contribution in [-0.2, 0) is 4.79 Å². The quantitative estimate of drug-likeness (QED) is 0.895. The summed E-state index contributed by atoms with van der Waals surface area (Å²) in [6.45, 7) is 0.590. The van der Waals surface area contributed by atoms with Crippen molar-refractivity contribution < 1.29 is 19.1 Å². The number of aliphatic hydroxyl groups is 1. The van der Waals surface area contributed by atoms with Gasteiger partial charge >= 0.3 is 0 Å². The number of nitrogens with one attached hydrogen (secondary N) is 1. The lowest BCUT2D eigenvalue weighted by Crippen LogP contribution is -2.45. The molecule has 1 aromatic carbocycles. The molecule has 3 rings (SSSR count). The number of benzene rings is 1. The third-order valence-corrected chi connectivity index (χ3v) is 4.63. The molecule has 2 fully saturated rings. The maximum atomic E-state index is 14.0. The van der Waals surface area contributed by atoms with Gasteiger partial charge in [-0.05, 0) is 37.5 Å². The van der Waals surface area contributed by atoms with E-state index in [2.05, 4.69) is 5.32 Å². The van der Waals surface area contributed by atoms with E-state index in [4.69, 9.17) is 0 Å². The Morgan fingerprint density at radius 2 is 2.04 bits per heavy atom. The molecule has 1 saturated heterocycles. The molecule has 1 aliphatic heterocycles. The number of aliphatic hydroxyl groups excluding tert-OH is 1. The number of hydrogen-bond acceptors (Lipinski definition) is 3. The summed E-state index contributed by atoms with van der Waals surface area (Å²) < 4.78 is 14.0. The van der Waals surface area contributed by atoms with Crippen molar-refractivity contribution in [3.05, 3.63) is 29.6 Å². The minimum atomic E-state index is -0.622. The van der Waals surface area contributed by atoms with E-state index in [1.165, 1.54) is 18.2 Å². The number of carbonyl (C=O) groups excluding carboxylic acids is 2. The Morgan fingerprint density at radius 1 is 1.26 bits per heavy atom. The molecule has 1 aromatic rings. The maximum absolute atomic E-state index is 14.0. The molecule has 2 N–H and O–H groups in total. The average Bonchev–Trinajstić information content (AvgIpc) is 2.96. The van der Waals surface area contributed by atoms with Crippen LogP contribution in [0.2, 0.25) is 0 Å². The molecule has 124 valence electrons. The van der Waals surface area contributed by atoms with Crippen LogP contribution < -0.4 is 10.2 Å². The smallest absolute Gasteiger partial charge is 0.254 e. The van der Waals surface area contributed by atoms with Crippen molar-refractivity contribution in [3.8, 4) is 0 Å². The van der Waals surface area contributed by atoms with Crippen LogP contribution in [0.25, 0.3) is 0 Å². The monoisotopic (exact) mass is 320 g/mol. The van der Waals surface area contributed by atoms with Crippen LogP contribution in [0.4, 0.5) is 10.1 Å². The molecule has 2 amide bonds. The van der Waals surface area contributed by atoms with Crippen molar-refractivity contribution >= 4 is 17.5 Å². The van der Waals surface area contributed by atoms with Crippen LogP contribution in [0.3, 0.4) is 0 Å². The fraction of sp³-hybridized carbons (Fsp3) is 0.529. The lowest BCUT2D eigenvalue weighted by Gasteiger charge is -2.28. The molecule has 23 heavy (non-hydrogen) atoms. The Kier molecular flexibility index (Phi) is 4.61. The molecular formula is C17H21FN2O3. The Bertz CT molecular complexity index is 620. The number of anilines is 1. The predicted molar refractivity (Wildman–Crippen MR) is 83.7 cm³/mol. The normalized spacial score (nSPS) is 24.8. The van der Waals surface area contributed by atoms with Crippen LogP contribution >= 0.6 is 0 Å². The molecule has 1 saturated carbocycles. The number of carbonyl (C=O) groups is 2. The zero-order valence-electron chi connectivity index (χ0n) is 12.9. The van der Waals surface area contributed by atoms with Crippen molar-refractivity contribution in [1.29, 1.82) is 0 Å². The number of nitrogens with zero attached hydrogens (tertiary/aromatic N) is 1. The number of halogens is 1. The second kappa shape index (κ2) is 6.66. The van der Waals surface area contributed by atoms with Gasteiger partial charge in [-0.1, -0.05) is 12.8 Å². The molecule has 1 heterocycles. The van der Waals surface area contributed by atoms with Crippen LogP contribution in [0.5, 0.6) is 0 Å². The maximum Gasteiger partial charge on any atom is 0.254 e. The van der Waals surface area contributed by atoms with Gasteiger partial charge < -0.3 is 15.3 Å². The minimum Gasteiger partial charge on any atom is -0.391 e. The number of amides is 2. The summed E-state index contributed by atoms with van der Waals surface area (Å²) in [5.74, 6) is -1.17. The highest BCUT2D eigenvalue weighted by Crippen LogP contribution is 2.24. The molecular weight excluding hydrogens is 299 g/mol. The first-order chi connectivity index (χ1) is 11.1. The zero-order chi connectivity index (χ0) is 16.4. The first-order valence-corrected chi connectivity index (χ1v) is 8.15. The summed E-state index contributed by atoms with van der Waals surface area (Å²) in [5, 5.41) is 12.7. The van der Waals surface area contributed by atoms with Crippen molar-refractivity contribution in [1.82, 2.24) is 5.32 Å². The van der Waals surface area contributed by atoms with E-state index in [0.29, 0.717) is 31.5 Å². The van der Waals surface area contributed by atoms with E-state index in [-0.39, 0.29) is 17.5 Å². The average molecular weight is 320 g/mol. The van der Waals surface area contributed by atoms with Gasteiger partial charge in [-0.25, -0.2) is 4.39 Å². The standard InChI is InChI=1S/C17H21FN2O3/c18-13-8-7-11(20-9-3-6-16(20)22)10-12(13)17(23)19-14-4-1-2-5-15(14)21/h7-8,10,14-15,21H,1-6,9H2,(H,19,23). The third-order valence-electron chi connectivity index (χ3n) is 4.63. The predicted octanol–water partition coefficient (Wildman–Crippen LogP) is 1.99. The summed E-state index contributed by atoms with van der Waals surface area (Å²) in [4.78, 5) is 25.7. The fourth-order valence-electron chi connectivity index (χ4n) is 3.30. The van der Waals surface area contributed by atoms with E-state index >= 15 is 0 Å². The van der Waals surface area contributed by atoms with Crippen molar-refractivity contribution in [2.45, 2.75) is 50.7 Å². The molecule has 0 radical (unpaired) electrons. The number of rotatable bonds is 3. The van der Waals surface area contributed by atoms with Gasteiger partial charge in [-0.3, -0.25) is 9.59 Å². The summed E-state index contributed by atoms with van der Waals surface area (Å²) in [6, 6.07) is 3.81.